The van der Waals surface area contributed by atoms with Crippen molar-refractivity contribution in [3.8, 4) is 6.07 Å². The molecule has 1 unspecified atom stereocenters. The first-order valence-electron chi connectivity index (χ1n) is 5.31. The summed E-state index contributed by atoms with van der Waals surface area (Å²) in [5.74, 6) is 0. The van der Waals surface area contributed by atoms with Crippen LogP contribution in [0.1, 0.15) is 13.3 Å². The fourth-order valence-electron chi connectivity index (χ4n) is 1.88. The minimum atomic E-state index is -2.26. The van der Waals surface area contributed by atoms with Gasteiger partial charge in [-0.25, -0.2) is 8.78 Å². The third-order valence-electron chi connectivity index (χ3n) is 2.78. The molecule has 1 aliphatic rings. The van der Waals surface area contributed by atoms with Gasteiger partial charge in [-0.2, -0.15) is 5.26 Å². The fraction of sp³-hybridized carbons (Fsp3) is 0.900. The van der Waals surface area contributed by atoms with Gasteiger partial charge in [0.05, 0.1) is 18.7 Å². The van der Waals surface area contributed by atoms with E-state index in [9.17, 15) is 8.78 Å². The zero-order valence-electron chi connectivity index (χ0n) is 8.99. The van der Waals surface area contributed by atoms with E-state index in [-0.39, 0.29) is 12.6 Å². The van der Waals surface area contributed by atoms with Crippen molar-refractivity contribution in [3.63, 3.8) is 0 Å². The Bertz CT molecular complexity index is 219. The molecule has 0 radical (unpaired) electrons. The number of alkyl halides is 2. The van der Waals surface area contributed by atoms with E-state index in [0.29, 0.717) is 13.1 Å². The number of piperazine rings is 1. The third kappa shape index (κ3) is 3.73. The van der Waals surface area contributed by atoms with Crippen LogP contribution < -0.4 is 0 Å². The molecule has 1 atom stereocenters. The van der Waals surface area contributed by atoms with Crippen LogP contribution in [0.2, 0.25) is 0 Å². The molecule has 0 spiro atoms. The predicted molar refractivity (Wildman–Crippen MR) is 53.7 cm³/mol. The highest BCUT2D eigenvalue weighted by atomic mass is 19.3. The maximum absolute atomic E-state index is 12.1. The zero-order valence-corrected chi connectivity index (χ0v) is 8.99. The summed E-state index contributed by atoms with van der Waals surface area (Å²) in [6.45, 7) is 4.55. The monoisotopic (exact) mass is 217 g/mol. The summed E-state index contributed by atoms with van der Waals surface area (Å²) in [7, 11) is 0. The molecule has 0 aromatic rings. The van der Waals surface area contributed by atoms with E-state index in [4.69, 9.17) is 5.26 Å². The molecule has 3 nitrogen and oxygen atoms in total. The molecular formula is C10H17F2N3. The molecule has 15 heavy (non-hydrogen) atoms. The van der Waals surface area contributed by atoms with Crippen LogP contribution in [0.15, 0.2) is 0 Å². The lowest BCUT2D eigenvalue weighted by Gasteiger charge is -2.36. The van der Waals surface area contributed by atoms with Gasteiger partial charge in [-0.1, -0.05) is 6.92 Å². The Kier molecular flexibility index (Phi) is 4.92. The van der Waals surface area contributed by atoms with Gasteiger partial charge in [0.1, 0.15) is 0 Å². The van der Waals surface area contributed by atoms with Crippen LogP contribution in [0, 0.1) is 11.3 Å². The number of nitrogens with zero attached hydrogens (tertiary/aromatic N) is 3. The maximum Gasteiger partial charge on any atom is 0.251 e. The lowest BCUT2D eigenvalue weighted by Crippen LogP contribution is -2.50. The number of halogens is 2. The minimum absolute atomic E-state index is 0.0568. The fourth-order valence-corrected chi connectivity index (χ4v) is 1.88. The summed E-state index contributed by atoms with van der Waals surface area (Å²) in [5.41, 5.74) is 0. The number of nitriles is 1. The first-order valence-corrected chi connectivity index (χ1v) is 5.31. The first-order chi connectivity index (χ1) is 7.17. The SMILES string of the molecule is CCC(C#N)N1CCN(CC(F)F)CC1. The van der Waals surface area contributed by atoms with Crippen LogP contribution in [0.5, 0.6) is 0 Å². The molecule has 0 bridgehead atoms. The molecule has 0 aromatic heterocycles. The molecule has 0 aliphatic carbocycles. The lowest BCUT2D eigenvalue weighted by molar-refractivity contribution is 0.0497. The number of hydrogen-bond donors (Lipinski definition) is 0. The van der Waals surface area contributed by atoms with E-state index in [0.717, 1.165) is 19.5 Å². The molecule has 1 fully saturated rings. The first kappa shape index (κ1) is 12.3. The Balaban J connectivity index is 2.32. The molecular weight excluding hydrogens is 200 g/mol. The van der Waals surface area contributed by atoms with Gasteiger partial charge < -0.3 is 0 Å². The quantitative estimate of drug-likeness (QED) is 0.708. The van der Waals surface area contributed by atoms with Crippen LogP contribution >= 0.6 is 0 Å². The van der Waals surface area contributed by atoms with Crippen molar-refractivity contribution < 1.29 is 8.78 Å². The Hall–Kier alpha value is -0.730. The summed E-state index contributed by atoms with van der Waals surface area (Å²) >= 11 is 0. The molecule has 0 N–H and O–H groups in total. The van der Waals surface area contributed by atoms with Gasteiger partial charge in [-0.3, -0.25) is 9.80 Å². The van der Waals surface area contributed by atoms with Gasteiger partial charge in [0.15, 0.2) is 0 Å². The summed E-state index contributed by atoms with van der Waals surface area (Å²) < 4.78 is 24.2. The highest BCUT2D eigenvalue weighted by Gasteiger charge is 2.23. The van der Waals surface area contributed by atoms with E-state index < -0.39 is 6.43 Å². The molecule has 0 aromatic carbocycles. The Morgan fingerprint density at radius 3 is 2.27 bits per heavy atom. The molecule has 1 heterocycles. The van der Waals surface area contributed by atoms with E-state index in [1.807, 2.05) is 6.92 Å². The summed E-state index contributed by atoms with van der Waals surface area (Å²) in [5, 5.41) is 8.86. The Morgan fingerprint density at radius 2 is 1.87 bits per heavy atom. The zero-order chi connectivity index (χ0) is 11.3. The van der Waals surface area contributed by atoms with E-state index in [2.05, 4.69) is 11.0 Å². The van der Waals surface area contributed by atoms with Gasteiger partial charge >= 0.3 is 0 Å². The van der Waals surface area contributed by atoms with Crippen LogP contribution in [0.3, 0.4) is 0 Å². The summed E-state index contributed by atoms with van der Waals surface area (Å²) in [6.07, 6.45) is -1.46. The summed E-state index contributed by atoms with van der Waals surface area (Å²) in [4.78, 5) is 3.83. The van der Waals surface area contributed by atoms with Crippen LogP contribution in [-0.2, 0) is 0 Å². The molecule has 1 saturated heterocycles. The average molecular weight is 217 g/mol. The molecule has 1 rings (SSSR count). The van der Waals surface area contributed by atoms with E-state index in [1.165, 1.54) is 0 Å². The molecule has 5 heteroatoms. The number of hydrogen-bond acceptors (Lipinski definition) is 3. The largest absolute Gasteiger partial charge is 0.295 e. The van der Waals surface area contributed by atoms with Crippen molar-refractivity contribution in [2.24, 2.45) is 0 Å². The van der Waals surface area contributed by atoms with Gasteiger partial charge in [0, 0.05) is 26.2 Å². The van der Waals surface area contributed by atoms with Crippen molar-refractivity contribution in [1.29, 1.82) is 5.26 Å². The van der Waals surface area contributed by atoms with Crippen molar-refractivity contribution in [1.82, 2.24) is 9.80 Å². The topological polar surface area (TPSA) is 30.3 Å². The standard InChI is InChI=1S/C10H17F2N3/c1-2-9(7-13)15-5-3-14(4-6-15)8-10(11)12/h9-10H,2-6,8H2,1H3. The average Bonchev–Trinajstić information content (AvgIpc) is 2.21. The second kappa shape index (κ2) is 5.99. The van der Waals surface area contributed by atoms with Crippen LogP contribution in [0.25, 0.3) is 0 Å². The van der Waals surface area contributed by atoms with E-state index >= 15 is 0 Å². The molecule has 0 amide bonds. The van der Waals surface area contributed by atoms with Crippen LogP contribution in [-0.4, -0.2) is 55.0 Å². The van der Waals surface area contributed by atoms with Crippen molar-refractivity contribution in [2.45, 2.75) is 25.8 Å². The van der Waals surface area contributed by atoms with Gasteiger partial charge in [-0.15, -0.1) is 0 Å². The smallest absolute Gasteiger partial charge is 0.251 e. The van der Waals surface area contributed by atoms with Crippen LogP contribution in [0.4, 0.5) is 8.78 Å². The second-order valence-corrected chi connectivity index (χ2v) is 3.78. The Morgan fingerprint density at radius 1 is 1.27 bits per heavy atom. The molecule has 86 valence electrons. The van der Waals surface area contributed by atoms with Crippen molar-refractivity contribution in [3.05, 3.63) is 0 Å². The maximum atomic E-state index is 12.1. The number of rotatable bonds is 4. The van der Waals surface area contributed by atoms with E-state index in [1.54, 1.807) is 4.90 Å². The predicted octanol–water partition coefficient (Wildman–Crippen LogP) is 1.17. The van der Waals surface area contributed by atoms with Gasteiger partial charge in [-0.05, 0) is 6.42 Å². The van der Waals surface area contributed by atoms with Crippen molar-refractivity contribution >= 4 is 0 Å². The second-order valence-electron chi connectivity index (χ2n) is 3.78. The van der Waals surface area contributed by atoms with Crippen molar-refractivity contribution in [2.75, 3.05) is 32.7 Å². The van der Waals surface area contributed by atoms with Gasteiger partial charge in [0.2, 0.25) is 0 Å². The Labute approximate surface area is 89.3 Å². The highest BCUT2D eigenvalue weighted by Crippen LogP contribution is 2.09. The lowest BCUT2D eigenvalue weighted by atomic mass is 10.2. The highest BCUT2D eigenvalue weighted by molar-refractivity contribution is 4.92. The minimum Gasteiger partial charge on any atom is -0.295 e. The van der Waals surface area contributed by atoms with Gasteiger partial charge in [0.25, 0.3) is 6.43 Å². The third-order valence-corrected chi connectivity index (χ3v) is 2.78. The molecule has 0 saturated carbocycles. The molecule has 1 aliphatic heterocycles. The summed E-state index contributed by atoms with van der Waals surface area (Å²) in [6, 6.07) is 2.18. The normalized spacial score (nSPS) is 21.5.